The monoisotopic (exact) mass is 478 g/mol. The van der Waals surface area contributed by atoms with Crippen molar-refractivity contribution >= 4 is 16.0 Å². The van der Waals surface area contributed by atoms with Crippen molar-refractivity contribution in [2.45, 2.75) is 84.0 Å². The number of aromatic nitrogens is 1. The minimum Gasteiger partial charge on any atom is -0.383 e. The summed E-state index contributed by atoms with van der Waals surface area (Å²) < 4.78 is 63.2. The summed E-state index contributed by atoms with van der Waals surface area (Å²) in [5.74, 6) is -5.30. The van der Waals surface area contributed by atoms with E-state index in [1.165, 1.54) is 6.07 Å². The van der Waals surface area contributed by atoms with Crippen LogP contribution in [-0.2, 0) is 25.7 Å². The molecule has 1 aromatic heterocycles. The van der Waals surface area contributed by atoms with E-state index in [1.54, 1.807) is 0 Å². The highest BCUT2D eigenvalue weighted by atomic mass is 32.2. The number of nitrogens with zero attached hydrogens (tertiary/aromatic N) is 2. The molecule has 182 valence electrons. The molecule has 3 rings (SSSR count). The normalized spacial score (nSPS) is 25.1. The summed E-state index contributed by atoms with van der Waals surface area (Å²) in [4.78, 5) is 14.1. The Hall–Kier alpha value is -1.59. The molecule has 32 heavy (non-hydrogen) atoms. The van der Waals surface area contributed by atoms with Crippen molar-refractivity contribution in [3.8, 4) is 0 Å². The maximum Gasteiger partial charge on any atom is 0.352 e. The van der Waals surface area contributed by atoms with Crippen LogP contribution in [0.1, 0.15) is 77.3 Å². The zero-order chi connectivity index (χ0) is 24.2. The van der Waals surface area contributed by atoms with Crippen LogP contribution in [-0.4, -0.2) is 53.8 Å². The highest BCUT2D eigenvalue weighted by Gasteiger charge is 2.65. The molecule has 1 aromatic rings. The summed E-state index contributed by atoms with van der Waals surface area (Å²) >= 11 is 0. The number of amides is 1. The standard InChI is InChI=1S/C21H32F2N2O6S/c1-18(2)11-19(3,4)13-20(27,12-18)21(22,23)17(26)25-8-6-7-16(25)15-9-14(31-24-15)10-30-32(5,28)29/h9,16,27H,6-8,10-13H2,1-5H3/t16-/m0/s1. The summed E-state index contributed by atoms with van der Waals surface area (Å²) in [6.45, 7) is 7.03. The van der Waals surface area contributed by atoms with Crippen LogP contribution in [0.25, 0.3) is 0 Å². The molecule has 0 spiro atoms. The van der Waals surface area contributed by atoms with Crippen molar-refractivity contribution in [2.75, 3.05) is 12.8 Å². The average Bonchev–Trinajstić information content (AvgIpc) is 3.24. The number of rotatable bonds is 6. The van der Waals surface area contributed by atoms with Crippen molar-refractivity contribution in [2.24, 2.45) is 10.8 Å². The van der Waals surface area contributed by atoms with Crippen LogP contribution in [0.2, 0.25) is 0 Å². The number of carbonyl (C=O) groups excluding carboxylic acids is 1. The SMILES string of the molecule is CC1(C)CC(C)(C)CC(O)(C(F)(F)C(=O)N2CCC[C@H]2c2cc(COS(C)(=O)=O)on2)C1. The molecule has 1 atom stereocenters. The van der Waals surface area contributed by atoms with E-state index >= 15 is 8.78 Å². The van der Waals surface area contributed by atoms with E-state index in [1.807, 2.05) is 27.7 Å². The lowest BCUT2D eigenvalue weighted by molar-refractivity contribution is -0.231. The van der Waals surface area contributed by atoms with Gasteiger partial charge in [0.2, 0.25) is 0 Å². The summed E-state index contributed by atoms with van der Waals surface area (Å²) in [5.41, 5.74) is -3.31. The van der Waals surface area contributed by atoms with Crippen molar-refractivity contribution in [1.82, 2.24) is 10.1 Å². The molecule has 1 saturated carbocycles. The van der Waals surface area contributed by atoms with Crippen LogP contribution < -0.4 is 0 Å². The Bertz CT molecular complexity index is 957. The van der Waals surface area contributed by atoms with E-state index in [4.69, 9.17) is 4.52 Å². The number of hydrogen-bond acceptors (Lipinski definition) is 7. The number of aliphatic hydroxyl groups is 1. The molecule has 0 unspecified atom stereocenters. The molecule has 1 aliphatic carbocycles. The van der Waals surface area contributed by atoms with Gasteiger partial charge in [0.15, 0.2) is 5.76 Å². The van der Waals surface area contributed by atoms with Crippen LogP contribution >= 0.6 is 0 Å². The summed E-state index contributed by atoms with van der Waals surface area (Å²) in [6.07, 6.45) is 2.08. The van der Waals surface area contributed by atoms with Gasteiger partial charge in [0.1, 0.15) is 17.9 Å². The van der Waals surface area contributed by atoms with Crippen LogP contribution in [0.4, 0.5) is 8.78 Å². The number of hydrogen-bond donors (Lipinski definition) is 1. The van der Waals surface area contributed by atoms with Gasteiger partial charge in [-0.1, -0.05) is 32.9 Å². The first-order valence-electron chi connectivity index (χ1n) is 10.7. The Labute approximate surface area is 187 Å². The lowest BCUT2D eigenvalue weighted by atomic mass is 9.58. The van der Waals surface area contributed by atoms with Gasteiger partial charge in [0.05, 0.1) is 12.3 Å². The predicted molar refractivity (Wildman–Crippen MR) is 111 cm³/mol. The molecular weight excluding hydrogens is 446 g/mol. The molecule has 2 fully saturated rings. The lowest BCUT2D eigenvalue weighted by Crippen LogP contribution is -2.62. The fourth-order valence-electron chi connectivity index (χ4n) is 5.70. The molecule has 0 aromatic carbocycles. The van der Waals surface area contributed by atoms with Crippen LogP contribution in [0, 0.1) is 10.8 Å². The highest BCUT2D eigenvalue weighted by molar-refractivity contribution is 7.85. The third-order valence-corrected chi connectivity index (χ3v) is 6.75. The van der Waals surface area contributed by atoms with Gasteiger partial charge in [-0.3, -0.25) is 8.98 Å². The van der Waals surface area contributed by atoms with Gasteiger partial charge in [-0.15, -0.1) is 0 Å². The highest BCUT2D eigenvalue weighted by Crippen LogP contribution is 2.55. The predicted octanol–water partition coefficient (Wildman–Crippen LogP) is 3.42. The molecule has 2 heterocycles. The molecule has 8 nitrogen and oxygen atoms in total. The molecular formula is C21H32F2N2O6S. The van der Waals surface area contributed by atoms with Crippen molar-refractivity contribution in [3.05, 3.63) is 17.5 Å². The minimum absolute atomic E-state index is 0.101. The first kappa shape index (κ1) is 25.0. The number of carbonyl (C=O) groups is 1. The van der Waals surface area contributed by atoms with Crippen LogP contribution in [0.5, 0.6) is 0 Å². The Morgan fingerprint density at radius 3 is 2.44 bits per heavy atom. The summed E-state index contributed by atoms with van der Waals surface area (Å²) in [5, 5.41) is 14.9. The first-order chi connectivity index (χ1) is 14.4. The Morgan fingerprint density at radius 1 is 1.28 bits per heavy atom. The van der Waals surface area contributed by atoms with E-state index < -0.39 is 44.4 Å². The summed E-state index contributed by atoms with van der Waals surface area (Å²) in [6, 6.07) is 0.651. The fourth-order valence-corrected chi connectivity index (χ4v) is 6.03. The van der Waals surface area contributed by atoms with Crippen molar-refractivity contribution in [1.29, 1.82) is 0 Å². The zero-order valence-electron chi connectivity index (χ0n) is 19.2. The van der Waals surface area contributed by atoms with Gasteiger partial charge in [-0.25, -0.2) is 0 Å². The smallest absolute Gasteiger partial charge is 0.352 e. The maximum atomic E-state index is 15.6. The molecule has 1 aliphatic heterocycles. The largest absolute Gasteiger partial charge is 0.383 e. The Kier molecular flexibility index (Phi) is 6.27. The molecule has 1 amide bonds. The molecule has 1 saturated heterocycles. The number of likely N-dealkylation sites (tertiary alicyclic amines) is 1. The molecule has 2 aliphatic rings. The fraction of sp³-hybridized carbons (Fsp3) is 0.810. The zero-order valence-corrected chi connectivity index (χ0v) is 20.0. The van der Waals surface area contributed by atoms with Crippen molar-refractivity contribution in [3.63, 3.8) is 0 Å². The number of alkyl halides is 2. The first-order valence-corrected chi connectivity index (χ1v) is 12.5. The molecule has 0 radical (unpaired) electrons. The van der Waals surface area contributed by atoms with E-state index in [-0.39, 0.29) is 37.4 Å². The average molecular weight is 479 g/mol. The second-order valence-electron chi connectivity index (χ2n) is 10.8. The molecule has 0 bridgehead atoms. The third kappa shape index (κ3) is 5.14. The number of halogens is 2. The third-order valence-electron chi connectivity index (χ3n) is 6.20. The Morgan fingerprint density at radius 2 is 1.88 bits per heavy atom. The van der Waals surface area contributed by atoms with E-state index in [0.717, 1.165) is 11.2 Å². The minimum atomic E-state index is -3.98. The molecule has 11 heteroatoms. The topological polar surface area (TPSA) is 110 Å². The van der Waals surface area contributed by atoms with Gasteiger partial charge in [-0.05, 0) is 42.9 Å². The van der Waals surface area contributed by atoms with Gasteiger partial charge in [0, 0.05) is 12.6 Å². The second kappa shape index (κ2) is 8.02. The summed E-state index contributed by atoms with van der Waals surface area (Å²) in [7, 11) is -3.69. The van der Waals surface area contributed by atoms with E-state index in [2.05, 4.69) is 9.34 Å². The Balaban J connectivity index is 1.82. The quantitative estimate of drug-likeness (QED) is 0.624. The van der Waals surface area contributed by atoms with E-state index in [9.17, 15) is 18.3 Å². The molecule has 1 N–H and O–H groups in total. The van der Waals surface area contributed by atoms with Crippen LogP contribution in [0.3, 0.4) is 0 Å². The maximum absolute atomic E-state index is 15.6. The van der Waals surface area contributed by atoms with E-state index in [0.29, 0.717) is 19.3 Å². The van der Waals surface area contributed by atoms with Crippen molar-refractivity contribution < 1.29 is 35.8 Å². The van der Waals surface area contributed by atoms with Crippen LogP contribution in [0.15, 0.2) is 10.6 Å². The van der Waals surface area contributed by atoms with Gasteiger partial charge in [0.25, 0.3) is 16.0 Å². The van der Waals surface area contributed by atoms with Gasteiger partial charge < -0.3 is 14.5 Å². The lowest BCUT2D eigenvalue weighted by Gasteiger charge is -2.51. The van der Waals surface area contributed by atoms with Gasteiger partial charge in [-0.2, -0.15) is 17.2 Å². The van der Waals surface area contributed by atoms with Gasteiger partial charge >= 0.3 is 5.92 Å². The second-order valence-corrected chi connectivity index (χ2v) is 12.4.